The fourth-order valence-corrected chi connectivity index (χ4v) is 3.27. The first-order valence-electron chi connectivity index (χ1n) is 7.87. The highest BCUT2D eigenvalue weighted by atomic mass is 32.2. The number of anilines is 2. The molecule has 7 heteroatoms. The lowest BCUT2D eigenvalue weighted by Gasteiger charge is -2.28. The maximum atomic E-state index is 12.0. The van der Waals surface area contributed by atoms with Crippen molar-refractivity contribution >= 4 is 29.0 Å². The molecular formula is C16H21N5OS. The van der Waals surface area contributed by atoms with Crippen LogP contribution >= 0.6 is 11.8 Å². The van der Waals surface area contributed by atoms with Crippen molar-refractivity contribution in [2.45, 2.75) is 31.3 Å². The number of aromatic nitrogens is 3. The molecule has 1 aromatic heterocycles. The van der Waals surface area contributed by atoms with Gasteiger partial charge in [0.1, 0.15) is 5.82 Å². The number of amides is 1. The van der Waals surface area contributed by atoms with Crippen molar-refractivity contribution in [2.24, 2.45) is 0 Å². The molecule has 23 heavy (non-hydrogen) atoms. The van der Waals surface area contributed by atoms with Crippen molar-refractivity contribution in [2.75, 3.05) is 29.1 Å². The molecule has 0 spiro atoms. The van der Waals surface area contributed by atoms with Gasteiger partial charge in [0.05, 0.1) is 5.75 Å². The Bertz CT molecular complexity index is 649. The van der Waals surface area contributed by atoms with E-state index in [9.17, 15) is 4.79 Å². The first kappa shape index (κ1) is 15.9. The summed E-state index contributed by atoms with van der Waals surface area (Å²) in [6, 6.07) is 8.08. The lowest BCUT2D eigenvalue weighted by atomic mass is 10.1. The lowest BCUT2D eigenvalue weighted by molar-refractivity contribution is -0.113. The Labute approximate surface area is 140 Å². The van der Waals surface area contributed by atoms with E-state index >= 15 is 0 Å². The second-order valence-electron chi connectivity index (χ2n) is 5.63. The summed E-state index contributed by atoms with van der Waals surface area (Å²) >= 11 is 1.32. The van der Waals surface area contributed by atoms with Gasteiger partial charge < -0.3 is 10.2 Å². The Morgan fingerprint density at radius 3 is 2.65 bits per heavy atom. The molecule has 0 atom stereocenters. The van der Waals surface area contributed by atoms with Crippen molar-refractivity contribution in [1.82, 2.24) is 15.2 Å². The van der Waals surface area contributed by atoms with Gasteiger partial charge in [-0.15, -0.1) is 5.10 Å². The third-order valence-corrected chi connectivity index (χ3v) is 4.63. The van der Waals surface area contributed by atoms with Gasteiger partial charge in [0, 0.05) is 24.5 Å². The molecule has 2 aromatic rings. The third kappa shape index (κ3) is 4.48. The van der Waals surface area contributed by atoms with Crippen LogP contribution in [0.5, 0.6) is 0 Å². The van der Waals surface area contributed by atoms with Gasteiger partial charge in [0.15, 0.2) is 0 Å². The molecule has 1 fully saturated rings. The summed E-state index contributed by atoms with van der Waals surface area (Å²) < 4.78 is 0. The minimum Gasteiger partial charge on any atom is -0.372 e. The molecule has 0 radical (unpaired) electrons. The van der Waals surface area contributed by atoms with Gasteiger partial charge in [-0.1, -0.05) is 11.8 Å². The first-order valence-corrected chi connectivity index (χ1v) is 8.86. The van der Waals surface area contributed by atoms with Crippen molar-refractivity contribution < 1.29 is 4.79 Å². The van der Waals surface area contributed by atoms with E-state index < -0.39 is 0 Å². The SMILES string of the molecule is Cc1nc(SCC(=O)Nc2ccc(N3CCCCC3)cc2)n[nH]1. The van der Waals surface area contributed by atoms with Gasteiger partial charge in [-0.05, 0) is 50.5 Å². The molecule has 3 rings (SSSR count). The van der Waals surface area contributed by atoms with E-state index in [1.807, 2.05) is 19.1 Å². The standard InChI is InChI=1S/C16H21N5OS/c1-12-17-16(20-19-12)23-11-15(22)18-13-5-7-14(8-6-13)21-9-3-2-4-10-21/h5-8H,2-4,9-11H2,1H3,(H,18,22)(H,17,19,20). The highest BCUT2D eigenvalue weighted by Crippen LogP contribution is 2.22. The number of piperidine rings is 1. The van der Waals surface area contributed by atoms with Crippen LogP contribution in [0.4, 0.5) is 11.4 Å². The Hall–Kier alpha value is -2.02. The van der Waals surface area contributed by atoms with Crippen molar-refractivity contribution in [3.05, 3.63) is 30.1 Å². The van der Waals surface area contributed by atoms with Crippen LogP contribution in [0, 0.1) is 6.92 Å². The Balaban J connectivity index is 1.50. The molecule has 1 amide bonds. The lowest BCUT2D eigenvalue weighted by Crippen LogP contribution is -2.29. The number of hydrogen-bond donors (Lipinski definition) is 2. The van der Waals surface area contributed by atoms with Crippen LogP contribution < -0.4 is 10.2 Å². The molecule has 1 aromatic carbocycles. The smallest absolute Gasteiger partial charge is 0.234 e. The Morgan fingerprint density at radius 1 is 1.26 bits per heavy atom. The molecule has 0 unspecified atom stereocenters. The maximum absolute atomic E-state index is 12.0. The van der Waals surface area contributed by atoms with Crippen molar-refractivity contribution in [1.29, 1.82) is 0 Å². The van der Waals surface area contributed by atoms with Crippen LogP contribution in [0.15, 0.2) is 29.4 Å². The fourth-order valence-electron chi connectivity index (χ4n) is 2.62. The molecule has 1 aliphatic heterocycles. The molecule has 0 aliphatic carbocycles. The summed E-state index contributed by atoms with van der Waals surface area (Å²) in [4.78, 5) is 18.5. The number of carbonyl (C=O) groups excluding carboxylic acids is 1. The summed E-state index contributed by atoms with van der Waals surface area (Å²) in [6.07, 6.45) is 3.85. The second-order valence-corrected chi connectivity index (χ2v) is 6.58. The zero-order chi connectivity index (χ0) is 16.1. The number of H-pyrrole nitrogens is 1. The topological polar surface area (TPSA) is 73.9 Å². The highest BCUT2D eigenvalue weighted by molar-refractivity contribution is 7.99. The molecule has 0 bridgehead atoms. The van der Waals surface area contributed by atoms with E-state index in [4.69, 9.17) is 0 Å². The number of thioether (sulfide) groups is 1. The van der Waals surface area contributed by atoms with Gasteiger partial charge in [0.2, 0.25) is 11.1 Å². The maximum Gasteiger partial charge on any atom is 0.234 e. The number of carbonyl (C=O) groups is 1. The number of aromatic amines is 1. The summed E-state index contributed by atoms with van der Waals surface area (Å²) in [5.41, 5.74) is 2.05. The molecule has 1 saturated heterocycles. The monoisotopic (exact) mass is 331 g/mol. The first-order chi connectivity index (χ1) is 11.2. The number of nitrogens with one attached hydrogen (secondary N) is 2. The van der Waals surface area contributed by atoms with E-state index in [-0.39, 0.29) is 5.91 Å². The van der Waals surface area contributed by atoms with E-state index in [0.29, 0.717) is 10.9 Å². The molecule has 122 valence electrons. The number of hydrogen-bond acceptors (Lipinski definition) is 5. The summed E-state index contributed by atoms with van der Waals surface area (Å²) in [5, 5.41) is 10.3. The summed E-state index contributed by atoms with van der Waals surface area (Å²) in [7, 11) is 0. The van der Waals surface area contributed by atoms with Crippen LogP contribution in [-0.2, 0) is 4.79 Å². The van der Waals surface area contributed by atoms with Crippen LogP contribution in [0.2, 0.25) is 0 Å². The van der Waals surface area contributed by atoms with Gasteiger partial charge in [0.25, 0.3) is 0 Å². The molecule has 2 N–H and O–H groups in total. The predicted octanol–water partition coefficient (Wildman–Crippen LogP) is 2.83. The third-order valence-electron chi connectivity index (χ3n) is 3.78. The fraction of sp³-hybridized carbons (Fsp3) is 0.438. The van der Waals surface area contributed by atoms with Crippen molar-refractivity contribution in [3.8, 4) is 0 Å². The zero-order valence-electron chi connectivity index (χ0n) is 13.2. The normalized spacial score (nSPS) is 14.7. The minimum atomic E-state index is -0.0526. The number of benzene rings is 1. The van der Waals surface area contributed by atoms with Crippen molar-refractivity contribution in [3.63, 3.8) is 0 Å². The quantitative estimate of drug-likeness (QED) is 0.824. The number of aryl methyl sites for hydroxylation is 1. The van der Waals surface area contributed by atoms with Crippen LogP contribution in [0.1, 0.15) is 25.1 Å². The van der Waals surface area contributed by atoms with E-state index in [2.05, 4.69) is 37.5 Å². The molecule has 2 heterocycles. The summed E-state index contributed by atoms with van der Waals surface area (Å²) in [5.74, 6) is 0.995. The van der Waals surface area contributed by atoms with Gasteiger partial charge in [-0.3, -0.25) is 9.89 Å². The molecule has 6 nitrogen and oxygen atoms in total. The number of nitrogens with zero attached hydrogens (tertiary/aromatic N) is 3. The average Bonchev–Trinajstić information content (AvgIpc) is 3.00. The predicted molar refractivity (Wildman–Crippen MR) is 93.0 cm³/mol. The highest BCUT2D eigenvalue weighted by Gasteiger charge is 2.11. The van der Waals surface area contributed by atoms with Crippen LogP contribution in [-0.4, -0.2) is 39.9 Å². The van der Waals surface area contributed by atoms with E-state index in [1.54, 1.807) is 0 Å². The zero-order valence-corrected chi connectivity index (χ0v) is 14.0. The van der Waals surface area contributed by atoms with Crippen LogP contribution in [0.3, 0.4) is 0 Å². The minimum absolute atomic E-state index is 0.0526. The molecule has 1 aliphatic rings. The Kier molecular flexibility index (Phi) is 5.17. The van der Waals surface area contributed by atoms with Gasteiger partial charge >= 0.3 is 0 Å². The van der Waals surface area contributed by atoms with E-state index in [0.717, 1.165) is 24.6 Å². The van der Waals surface area contributed by atoms with Crippen LogP contribution in [0.25, 0.3) is 0 Å². The largest absolute Gasteiger partial charge is 0.372 e. The summed E-state index contributed by atoms with van der Waals surface area (Å²) in [6.45, 7) is 4.08. The Morgan fingerprint density at radius 2 is 2.00 bits per heavy atom. The second kappa shape index (κ2) is 7.50. The number of rotatable bonds is 5. The van der Waals surface area contributed by atoms with Gasteiger partial charge in [-0.2, -0.15) is 0 Å². The average molecular weight is 331 g/mol. The van der Waals surface area contributed by atoms with Gasteiger partial charge in [-0.25, -0.2) is 4.98 Å². The molecule has 0 saturated carbocycles. The van der Waals surface area contributed by atoms with E-state index in [1.165, 1.54) is 36.7 Å². The molecular weight excluding hydrogens is 310 g/mol.